The molecule has 1 aliphatic heterocycles. The molecule has 1 aliphatic rings. The zero-order valence-electron chi connectivity index (χ0n) is 17.2. The van der Waals surface area contributed by atoms with E-state index in [-0.39, 0.29) is 18.9 Å². The number of aromatic nitrogens is 2. The molecule has 3 aromatic rings. The van der Waals surface area contributed by atoms with Crippen molar-refractivity contribution < 1.29 is 14.3 Å². The molecule has 8 nitrogen and oxygen atoms in total. The number of nitrogens with zero attached hydrogens (tertiary/aromatic N) is 2. The summed E-state index contributed by atoms with van der Waals surface area (Å²) < 4.78 is 10.6. The van der Waals surface area contributed by atoms with Crippen molar-refractivity contribution in [3.05, 3.63) is 53.7 Å². The minimum Gasteiger partial charge on any atom is -0.493 e. The van der Waals surface area contributed by atoms with Crippen molar-refractivity contribution in [3.63, 3.8) is 0 Å². The van der Waals surface area contributed by atoms with Crippen molar-refractivity contribution in [2.24, 2.45) is 5.73 Å². The smallest absolute Gasteiger partial charge is 0.228 e. The Hall–Kier alpha value is -4.09. The summed E-state index contributed by atoms with van der Waals surface area (Å²) in [6, 6.07) is 11.0. The van der Waals surface area contributed by atoms with Crippen LogP contribution in [0.2, 0.25) is 0 Å². The zero-order valence-corrected chi connectivity index (χ0v) is 17.2. The topological polar surface area (TPSA) is 111 Å². The van der Waals surface area contributed by atoms with Crippen LogP contribution in [0.25, 0.3) is 11.3 Å². The Morgan fingerprint density at radius 2 is 2.00 bits per heavy atom. The van der Waals surface area contributed by atoms with Crippen LogP contribution in [0.5, 0.6) is 11.5 Å². The third-order valence-electron chi connectivity index (χ3n) is 4.74. The van der Waals surface area contributed by atoms with E-state index in [4.69, 9.17) is 20.2 Å². The zero-order chi connectivity index (χ0) is 21.8. The van der Waals surface area contributed by atoms with Crippen LogP contribution in [-0.4, -0.2) is 36.6 Å². The molecule has 1 aromatic heterocycles. The number of hydrogen-bond acceptors (Lipinski definition) is 7. The van der Waals surface area contributed by atoms with Crippen LogP contribution in [0.1, 0.15) is 11.1 Å². The summed E-state index contributed by atoms with van der Waals surface area (Å²) >= 11 is 0. The fourth-order valence-corrected chi connectivity index (χ4v) is 3.33. The Kier molecular flexibility index (Phi) is 5.69. The van der Waals surface area contributed by atoms with Gasteiger partial charge < -0.3 is 25.8 Å². The Bertz CT molecular complexity index is 1210. The molecule has 0 spiro atoms. The standard InChI is InChI=1S/C23H21N5O3/c1-30-19-8-6-16(12-20(19)31-2)26-23-25-13-15-11-21(29)27-18-10-14(4-3-9-24)5-7-17(18)22(15)28-23/h5-8,10,12-13H,9,11,24H2,1-2H3,(H,27,29)(H,25,26,28). The Labute approximate surface area is 179 Å². The number of carbonyl (C=O) groups excluding carboxylic acids is 1. The molecule has 8 heteroatoms. The molecule has 0 bridgehead atoms. The van der Waals surface area contributed by atoms with Crippen LogP contribution in [-0.2, 0) is 11.2 Å². The van der Waals surface area contributed by atoms with E-state index in [1.165, 1.54) is 0 Å². The lowest BCUT2D eigenvalue weighted by molar-refractivity contribution is -0.115. The Morgan fingerprint density at radius 1 is 1.16 bits per heavy atom. The summed E-state index contributed by atoms with van der Waals surface area (Å²) in [6.45, 7) is 0.269. The number of nitrogens with one attached hydrogen (secondary N) is 2. The highest BCUT2D eigenvalue weighted by molar-refractivity contribution is 6.00. The first-order valence-electron chi connectivity index (χ1n) is 9.59. The average molecular weight is 415 g/mol. The second kappa shape index (κ2) is 8.73. The van der Waals surface area contributed by atoms with Gasteiger partial charge in [0.05, 0.1) is 38.6 Å². The van der Waals surface area contributed by atoms with E-state index in [1.807, 2.05) is 24.3 Å². The third-order valence-corrected chi connectivity index (χ3v) is 4.74. The number of benzene rings is 2. The van der Waals surface area contributed by atoms with Crippen molar-refractivity contribution in [1.29, 1.82) is 0 Å². The van der Waals surface area contributed by atoms with Gasteiger partial charge in [0.2, 0.25) is 11.9 Å². The molecule has 0 radical (unpaired) electrons. The molecule has 1 amide bonds. The highest BCUT2D eigenvalue weighted by Gasteiger charge is 2.21. The lowest BCUT2D eigenvalue weighted by atomic mass is 10.0. The number of rotatable bonds is 4. The maximum absolute atomic E-state index is 12.4. The van der Waals surface area contributed by atoms with E-state index in [2.05, 4.69) is 27.5 Å². The summed E-state index contributed by atoms with van der Waals surface area (Å²) in [5.74, 6) is 7.29. The summed E-state index contributed by atoms with van der Waals surface area (Å²) in [7, 11) is 3.16. The summed E-state index contributed by atoms with van der Waals surface area (Å²) in [4.78, 5) is 21.5. The number of hydrogen-bond donors (Lipinski definition) is 3. The fourth-order valence-electron chi connectivity index (χ4n) is 3.33. The molecular weight excluding hydrogens is 394 g/mol. The van der Waals surface area contributed by atoms with Crippen molar-refractivity contribution >= 4 is 23.2 Å². The summed E-state index contributed by atoms with van der Waals surface area (Å²) in [5, 5.41) is 6.11. The van der Waals surface area contributed by atoms with E-state index >= 15 is 0 Å². The number of carbonyl (C=O) groups is 1. The lowest BCUT2D eigenvalue weighted by Gasteiger charge is -2.12. The summed E-state index contributed by atoms with van der Waals surface area (Å²) in [6.07, 6.45) is 1.85. The number of amides is 1. The number of ether oxygens (including phenoxy) is 2. The molecule has 0 saturated carbocycles. The van der Waals surface area contributed by atoms with Crippen LogP contribution in [0.4, 0.5) is 17.3 Å². The predicted molar refractivity (Wildman–Crippen MR) is 119 cm³/mol. The minimum atomic E-state index is -0.131. The molecule has 0 atom stereocenters. The lowest BCUT2D eigenvalue weighted by Crippen LogP contribution is -2.13. The van der Waals surface area contributed by atoms with Crippen molar-refractivity contribution in [2.75, 3.05) is 31.4 Å². The van der Waals surface area contributed by atoms with E-state index in [1.54, 1.807) is 32.5 Å². The molecule has 0 fully saturated rings. The number of nitrogens with two attached hydrogens (primary N) is 1. The van der Waals surface area contributed by atoms with Crippen molar-refractivity contribution in [1.82, 2.24) is 9.97 Å². The fraction of sp³-hybridized carbons (Fsp3) is 0.174. The van der Waals surface area contributed by atoms with Gasteiger partial charge in [0.15, 0.2) is 11.5 Å². The SMILES string of the molecule is COc1ccc(Nc2ncc3c(n2)-c2ccc(C#CCN)cc2NC(=O)C3)cc1OC. The maximum Gasteiger partial charge on any atom is 0.228 e. The monoisotopic (exact) mass is 415 g/mol. The maximum atomic E-state index is 12.4. The van der Waals surface area contributed by atoms with E-state index < -0.39 is 0 Å². The number of methoxy groups -OCH3 is 2. The molecule has 2 aromatic carbocycles. The van der Waals surface area contributed by atoms with Gasteiger partial charge >= 0.3 is 0 Å². The normalized spacial score (nSPS) is 11.8. The third kappa shape index (κ3) is 4.27. The van der Waals surface area contributed by atoms with Crippen LogP contribution >= 0.6 is 0 Å². The highest BCUT2D eigenvalue weighted by atomic mass is 16.5. The van der Waals surface area contributed by atoms with Crippen LogP contribution in [0, 0.1) is 11.8 Å². The highest BCUT2D eigenvalue weighted by Crippen LogP contribution is 2.35. The van der Waals surface area contributed by atoms with Gasteiger partial charge in [0, 0.05) is 34.6 Å². The largest absolute Gasteiger partial charge is 0.493 e. The molecule has 0 unspecified atom stereocenters. The van der Waals surface area contributed by atoms with Gasteiger partial charge in [0.1, 0.15) is 0 Å². The number of anilines is 3. The molecule has 31 heavy (non-hydrogen) atoms. The number of fused-ring (bicyclic) bond motifs is 3. The molecule has 0 saturated heterocycles. The van der Waals surface area contributed by atoms with E-state index in [0.29, 0.717) is 28.8 Å². The predicted octanol–water partition coefficient (Wildman–Crippen LogP) is 2.71. The van der Waals surface area contributed by atoms with Crippen LogP contribution < -0.4 is 25.8 Å². The molecule has 4 N–H and O–H groups in total. The van der Waals surface area contributed by atoms with Gasteiger partial charge in [-0.15, -0.1) is 0 Å². The first-order valence-corrected chi connectivity index (χ1v) is 9.59. The summed E-state index contributed by atoms with van der Waals surface area (Å²) in [5.41, 5.74) is 9.86. The van der Waals surface area contributed by atoms with E-state index in [9.17, 15) is 4.79 Å². The molecule has 0 aliphatic carbocycles. The van der Waals surface area contributed by atoms with Crippen molar-refractivity contribution in [2.45, 2.75) is 6.42 Å². The van der Waals surface area contributed by atoms with E-state index in [0.717, 1.165) is 22.4 Å². The van der Waals surface area contributed by atoms with Gasteiger partial charge in [0.25, 0.3) is 0 Å². The van der Waals surface area contributed by atoms with Crippen LogP contribution in [0.3, 0.4) is 0 Å². The van der Waals surface area contributed by atoms with Gasteiger partial charge in [-0.3, -0.25) is 4.79 Å². The Balaban J connectivity index is 1.72. The second-order valence-electron chi connectivity index (χ2n) is 6.75. The van der Waals surface area contributed by atoms with Gasteiger partial charge in [-0.2, -0.15) is 0 Å². The quantitative estimate of drug-likeness (QED) is 0.562. The molecule has 4 rings (SSSR count). The molecule has 156 valence electrons. The van der Waals surface area contributed by atoms with Gasteiger partial charge in [-0.25, -0.2) is 9.97 Å². The minimum absolute atomic E-state index is 0.131. The second-order valence-corrected chi connectivity index (χ2v) is 6.75. The van der Waals surface area contributed by atoms with Crippen molar-refractivity contribution in [3.8, 4) is 34.6 Å². The first-order chi connectivity index (χ1) is 15.1. The average Bonchev–Trinajstić information content (AvgIpc) is 2.92. The Morgan fingerprint density at radius 3 is 2.77 bits per heavy atom. The van der Waals surface area contributed by atoms with Crippen LogP contribution in [0.15, 0.2) is 42.6 Å². The molecular formula is C23H21N5O3. The van der Waals surface area contributed by atoms with Gasteiger partial charge in [-0.1, -0.05) is 11.8 Å². The van der Waals surface area contributed by atoms with Gasteiger partial charge in [-0.05, 0) is 30.3 Å². The first kappa shape index (κ1) is 20.2. The molecule has 2 heterocycles.